The Morgan fingerprint density at radius 1 is 1.15 bits per heavy atom. The molecule has 0 unspecified atom stereocenters. The molecule has 0 aromatic heterocycles. The van der Waals surface area contributed by atoms with Crippen LogP contribution in [0.25, 0.3) is 0 Å². The summed E-state index contributed by atoms with van der Waals surface area (Å²) in [6, 6.07) is 12.9. The van der Waals surface area contributed by atoms with E-state index in [-0.39, 0.29) is 5.82 Å². The molecule has 106 valence electrons. The zero-order valence-electron chi connectivity index (χ0n) is 12.1. The van der Waals surface area contributed by atoms with Gasteiger partial charge in [0.1, 0.15) is 5.82 Å². The Bertz CT molecular complexity index is 578. The minimum Gasteiger partial charge on any atom is -0.389 e. The third kappa shape index (κ3) is 2.99. The van der Waals surface area contributed by atoms with Crippen LogP contribution in [-0.2, 0) is 0 Å². The zero-order valence-corrected chi connectivity index (χ0v) is 12.1. The minimum atomic E-state index is -0.659. The summed E-state index contributed by atoms with van der Waals surface area (Å²) in [7, 11) is 0. The predicted octanol–water partition coefficient (Wildman–Crippen LogP) is 4.35. The maximum atomic E-state index is 14.3. The maximum absolute atomic E-state index is 14.3. The summed E-state index contributed by atoms with van der Waals surface area (Å²) < 4.78 is 14.3. The highest BCUT2D eigenvalue weighted by Gasteiger charge is 2.13. The summed E-state index contributed by atoms with van der Waals surface area (Å²) in [5, 5.41) is 9.50. The van der Waals surface area contributed by atoms with Gasteiger partial charge in [-0.05, 0) is 50.6 Å². The summed E-state index contributed by atoms with van der Waals surface area (Å²) >= 11 is 0. The van der Waals surface area contributed by atoms with Gasteiger partial charge in [0.05, 0.1) is 11.8 Å². The second-order valence-corrected chi connectivity index (χ2v) is 4.97. The van der Waals surface area contributed by atoms with Crippen molar-refractivity contribution in [2.75, 3.05) is 11.4 Å². The third-order valence-electron chi connectivity index (χ3n) is 3.41. The average molecular weight is 273 g/mol. The van der Waals surface area contributed by atoms with Crippen LogP contribution >= 0.6 is 0 Å². The van der Waals surface area contributed by atoms with Crippen molar-refractivity contribution in [3.05, 3.63) is 59.4 Å². The van der Waals surface area contributed by atoms with E-state index in [0.717, 1.165) is 5.69 Å². The van der Waals surface area contributed by atoms with E-state index in [1.165, 1.54) is 11.6 Å². The van der Waals surface area contributed by atoms with E-state index < -0.39 is 6.10 Å². The van der Waals surface area contributed by atoms with Crippen molar-refractivity contribution in [2.24, 2.45) is 0 Å². The molecule has 3 heteroatoms. The fourth-order valence-electron chi connectivity index (χ4n) is 2.22. The van der Waals surface area contributed by atoms with Crippen molar-refractivity contribution in [1.82, 2.24) is 0 Å². The molecule has 0 aliphatic carbocycles. The molecule has 2 nitrogen and oxygen atoms in total. The number of aliphatic hydroxyl groups excluding tert-OH is 1. The van der Waals surface area contributed by atoms with Gasteiger partial charge in [0, 0.05) is 12.2 Å². The van der Waals surface area contributed by atoms with E-state index >= 15 is 0 Å². The fourth-order valence-corrected chi connectivity index (χ4v) is 2.22. The highest BCUT2D eigenvalue weighted by atomic mass is 19.1. The quantitative estimate of drug-likeness (QED) is 0.895. The lowest BCUT2D eigenvalue weighted by Crippen LogP contribution is -2.17. The highest BCUT2D eigenvalue weighted by molar-refractivity contribution is 5.64. The van der Waals surface area contributed by atoms with Crippen LogP contribution in [0.3, 0.4) is 0 Å². The standard InChI is InChI=1S/C17H20FNO/c1-4-19(15-8-5-12(2)6-9-15)17-10-7-14(13(3)20)11-16(17)18/h5-11,13,20H,4H2,1-3H3/t13-/m1/s1. The Morgan fingerprint density at radius 2 is 1.80 bits per heavy atom. The number of rotatable bonds is 4. The number of hydrogen-bond acceptors (Lipinski definition) is 2. The molecule has 0 aliphatic heterocycles. The Hall–Kier alpha value is -1.87. The first-order valence-corrected chi connectivity index (χ1v) is 6.84. The summed E-state index contributed by atoms with van der Waals surface area (Å²) in [5.74, 6) is -0.314. The molecule has 0 saturated heterocycles. The number of hydrogen-bond donors (Lipinski definition) is 1. The molecule has 0 fully saturated rings. The number of aryl methyl sites for hydroxylation is 1. The Balaban J connectivity index is 2.39. The van der Waals surface area contributed by atoms with Crippen LogP contribution in [0.5, 0.6) is 0 Å². The predicted molar refractivity (Wildman–Crippen MR) is 80.9 cm³/mol. The molecule has 0 radical (unpaired) electrons. The molecular weight excluding hydrogens is 253 g/mol. The van der Waals surface area contributed by atoms with Gasteiger partial charge in [-0.2, -0.15) is 0 Å². The molecule has 20 heavy (non-hydrogen) atoms. The number of nitrogens with zero attached hydrogens (tertiary/aromatic N) is 1. The van der Waals surface area contributed by atoms with E-state index in [1.807, 2.05) is 43.0 Å². The number of halogens is 1. The lowest BCUT2D eigenvalue weighted by atomic mass is 10.1. The Labute approximate surface area is 119 Å². The van der Waals surface area contributed by atoms with Gasteiger partial charge in [-0.3, -0.25) is 0 Å². The van der Waals surface area contributed by atoms with E-state index in [2.05, 4.69) is 0 Å². The molecule has 2 aromatic rings. The van der Waals surface area contributed by atoms with Crippen molar-refractivity contribution in [2.45, 2.75) is 26.9 Å². The molecular formula is C17H20FNO. The Kier molecular flexibility index (Phi) is 4.40. The van der Waals surface area contributed by atoms with E-state index in [9.17, 15) is 9.50 Å². The monoisotopic (exact) mass is 273 g/mol. The van der Waals surface area contributed by atoms with Crippen LogP contribution in [0.15, 0.2) is 42.5 Å². The summed E-state index contributed by atoms with van der Waals surface area (Å²) in [6.07, 6.45) is -0.659. The van der Waals surface area contributed by atoms with Gasteiger partial charge < -0.3 is 10.0 Å². The van der Waals surface area contributed by atoms with Gasteiger partial charge in [-0.15, -0.1) is 0 Å². The molecule has 2 rings (SSSR count). The average Bonchev–Trinajstić information content (AvgIpc) is 2.43. The van der Waals surface area contributed by atoms with Crippen LogP contribution in [0.1, 0.15) is 31.1 Å². The first-order chi connectivity index (χ1) is 9.52. The van der Waals surface area contributed by atoms with Gasteiger partial charge in [0.15, 0.2) is 0 Å². The second-order valence-electron chi connectivity index (χ2n) is 4.97. The molecule has 2 aromatic carbocycles. The van der Waals surface area contributed by atoms with Crippen molar-refractivity contribution < 1.29 is 9.50 Å². The first kappa shape index (κ1) is 14.5. The third-order valence-corrected chi connectivity index (χ3v) is 3.41. The van der Waals surface area contributed by atoms with E-state index in [0.29, 0.717) is 17.8 Å². The van der Waals surface area contributed by atoms with E-state index in [4.69, 9.17) is 0 Å². The minimum absolute atomic E-state index is 0.314. The van der Waals surface area contributed by atoms with Gasteiger partial charge in [-0.25, -0.2) is 4.39 Å². The Morgan fingerprint density at radius 3 is 2.30 bits per heavy atom. The maximum Gasteiger partial charge on any atom is 0.147 e. The van der Waals surface area contributed by atoms with Crippen molar-refractivity contribution in [1.29, 1.82) is 0 Å². The van der Waals surface area contributed by atoms with Crippen LogP contribution in [0.2, 0.25) is 0 Å². The molecule has 0 spiro atoms. The summed E-state index contributed by atoms with van der Waals surface area (Å²) in [6.45, 7) is 6.32. The van der Waals surface area contributed by atoms with Crippen LogP contribution in [-0.4, -0.2) is 11.7 Å². The topological polar surface area (TPSA) is 23.5 Å². The molecule has 1 N–H and O–H groups in total. The van der Waals surface area contributed by atoms with Gasteiger partial charge >= 0.3 is 0 Å². The smallest absolute Gasteiger partial charge is 0.147 e. The number of benzene rings is 2. The molecule has 1 atom stereocenters. The van der Waals surface area contributed by atoms with E-state index in [1.54, 1.807) is 19.1 Å². The van der Waals surface area contributed by atoms with Crippen molar-refractivity contribution in [3.8, 4) is 0 Å². The second kappa shape index (κ2) is 6.06. The van der Waals surface area contributed by atoms with Crippen molar-refractivity contribution >= 4 is 11.4 Å². The molecule has 0 bridgehead atoms. The normalized spacial score (nSPS) is 12.2. The van der Waals surface area contributed by atoms with Crippen LogP contribution in [0.4, 0.5) is 15.8 Å². The van der Waals surface area contributed by atoms with Crippen LogP contribution < -0.4 is 4.90 Å². The molecule has 0 saturated carbocycles. The van der Waals surface area contributed by atoms with Crippen LogP contribution in [0, 0.1) is 12.7 Å². The van der Waals surface area contributed by atoms with Gasteiger partial charge in [-0.1, -0.05) is 23.8 Å². The summed E-state index contributed by atoms with van der Waals surface area (Å²) in [5.41, 5.74) is 3.25. The lowest BCUT2D eigenvalue weighted by Gasteiger charge is -2.24. The lowest BCUT2D eigenvalue weighted by molar-refractivity contribution is 0.199. The fraction of sp³-hybridized carbons (Fsp3) is 0.294. The summed E-state index contributed by atoms with van der Waals surface area (Å²) in [4.78, 5) is 1.92. The van der Waals surface area contributed by atoms with Crippen molar-refractivity contribution in [3.63, 3.8) is 0 Å². The highest BCUT2D eigenvalue weighted by Crippen LogP contribution is 2.29. The SMILES string of the molecule is CCN(c1ccc(C)cc1)c1ccc([C@@H](C)O)cc1F. The number of anilines is 2. The molecule has 0 aliphatic rings. The van der Waals surface area contributed by atoms with Gasteiger partial charge in [0.25, 0.3) is 0 Å². The van der Waals surface area contributed by atoms with Gasteiger partial charge in [0.2, 0.25) is 0 Å². The largest absolute Gasteiger partial charge is 0.389 e. The molecule has 0 heterocycles. The zero-order chi connectivity index (χ0) is 14.7. The number of aliphatic hydroxyl groups is 1. The molecule has 0 amide bonds. The first-order valence-electron chi connectivity index (χ1n) is 6.84.